The lowest BCUT2D eigenvalue weighted by Gasteiger charge is -2.20. The van der Waals surface area contributed by atoms with Crippen molar-refractivity contribution in [3.8, 4) is 0 Å². The fourth-order valence-electron chi connectivity index (χ4n) is 3.94. The highest BCUT2D eigenvalue weighted by molar-refractivity contribution is 5.76. The van der Waals surface area contributed by atoms with Crippen LogP contribution in [0.2, 0.25) is 0 Å². The summed E-state index contributed by atoms with van der Waals surface area (Å²) in [6, 6.07) is -0.770. The van der Waals surface area contributed by atoms with Gasteiger partial charge in [0.2, 0.25) is 5.91 Å². The summed E-state index contributed by atoms with van der Waals surface area (Å²) in [6.45, 7) is 4.06. The number of aliphatic hydroxyl groups is 3. The third-order valence-electron chi connectivity index (χ3n) is 6.32. The fraction of sp³-hybridized carbons (Fsp3) is 0.719. The van der Waals surface area contributed by atoms with Crippen molar-refractivity contribution in [2.75, 3.05) is 6.61 Å². The van der Waals surface area contributed by atoms with Crippen LogP contribution in [-0.4, -0.2) is 46.1 Å². The Kier molecular flexibility index (Phi) is 26.1. The highest BCUT2D eigenvalue weighted by atomic mass is 16.3. The summed E-state index contributed by atoms with van der Waals surface area (Å²) in [6.07, 6.45) is 32.3. The van der Waals surface area contributed by atoms with Crippen LogP contribution in [0.15, 0.2) is 48.6 Å². The molecule has 5 heteroatoms. The topological polar surface area (TPSA) is 89.8 Å². The smallest absolute Gasteiger partial charge is 0.222 e. The van der Waals surface area contributed by atoms with Gasteiger partial charge in [-0.05, 0) is 64.2 Å². The van der Waals surface area contributed by atoms with Gasteiger partial charge in [-0.15, -0.1) is 0 Å². The van der Waals surface area contributed by atoms with Gasteiger partial charge < -0.3 is 20.6 Å². The van der Waals surface area contributed by atoms with E-state index in [9.17, 15) is 20.1 Å². The lowest BCUT2D eigenvalue weighted by Crippen LogP contribution is -2.45. The van der Waals surface area contributed by atoms with Gasteiger partial charge in [0.1, 0.15) is 0 Å². The minimum absolute atomic E-state index is 0.0158. The lowest BCUT2D eigenvalue weighted by molar-refractivity contribution is -0.124. The molecule has 37 heavy (non-hydrogen) atoms. The first kappa shape index (κ1) is 35.3. The number of hydrogen-bond acceptors (Lipinski definition) is 4. The molecule has 3 unspecified atom stereocenters. The van der Waals surface area contributed by atoms with Gasteiger partial charge in [0, 0.05) is 0 Å². The van der Waals surface area contributed by atoms with E-state index in [-0.39, 0.29) is 18.9 Å². The molecule has 0 aliphatic rings. The zero-order chi connectivity index (χ0) is 27.4. The van der Waals surface area contributed by atoms with E-state index < -0.39 is 18.2 Å². The number of carbonyl (C=O) groups is 1. The molecule has 0 aliphatic carbocycles. The van der Waals surface area contributed by atoms with Crippen molar-refractivity contribution < 1.29 is 20.1 Å². The molecule has 0 bridgehead atoms. The summed E-state index contributed by atoms with van der Waals surface area (Å²) in [7, 11) is 0. The molecule has 0 aromatic carbocycles. The number of rotatable bonds is 25. The number of allylic oxidation sites excluding steroid dienone is 7. The number of unbranched alkanes of at least 4 members (excludes halogenated alkanes) is 10. The Hall–Kier alpha value is -1.69. The Morgan fingerprint density at radius 2 is 1.19 bits per heavy atom. The SMILES string of the molecule is CCCC/C=C\CCCCC(O)CC(=O)NC(CO)C(O)/C=C/CC/C=C/CC/C=C/CCCCCC. The molecule has 0 rings (SSSR count). The first-order chi connectivity index (χ1) is 18.0. The molecule has 3 atom stereocenters. The second-order valence-corrected chi connectivity index (χ2v) is 9.98. The van der Waals surface area contributed by atoms with Crippen LogP contribution in [0.5, 0.6) is 0 Å². The average Bonchev–Trinajstić information content (AvgIpc) is 2.88. The van der Waals surface area contributed by atoms with Gasteiger partial charge in [-0.3, -0.25) is 4.79 Å². The van der Waals surface area contributed by atoms with Gasteiger partial charge in [-0.2, -0.15) is 0 Å². The van der Waals surface area contributed by atoms with Crippen LogP contribution < -0.4 is 5.32 Å². The Balaban J connectivity index is 3.97. The van der Waals surface area contributed by atoms with Gasteiger partial charge in [-0.1, -0.05) is 101 Å². The zero-order valence-corrected chi connectivity index (χ0v) is 23.8. The van der Waals surface area contributed by atoms with Crippen molar-refractivity contribution in [1.29, 1.82) is 0 Å². The molecule has 0 saturated carbocycles. The standard InChI is InChI=1S/C32H57NO4/c1-3-5-7-9-11-13-14-15-16-17-18-20-22-24-26-31(36)30(28-34)33-32(37)27-29(35)25-23-21-19-12-10-8-6-4-2/h10,12-14,17-18,24,26,29-31,34-36H,3-9,11,15-16,19-23,25,27-28H2,1-2H3,(H,33,37)/b12-10-,14-13+,18-17+,26-24+. The van der Waals surface area contributed by atoms with Crippen molar-refractivity contribution in [3.63, 3.8) is 0 Å². The van der Waals surface area contributed by atoms with Gasteiger partial charge >= 0.3 is 0 Å². The minimum atomic E-state index is -0.961. The van der Waals surface area contributed by atoms with Crippen molar-refractivity contribution in [3.05, 3.63) is 48.6 Å². The summed E-state index contributed by atoms with van der Waals surface area (Å²) in [5.41, 5.74) is 0. The molecule has 214 valence electrons. The quantitative estimate of drug-likeness (QED) is 0.0766. The Bertz CT molecular complexity index is 626. The summed E-state index contributed by atoms with van der Waals surface area (Å²) in [5, 5.41) is 32.7. The molecule has 0 aromatic heterocycles. The third kappa shape index (κ3) is 24.4. The largest absolute Gasteiger partial charge is 0.394 e. The Labute approximate surface area is 227 Å². The number of amides is 1. The molecule has 0 radical (unpaired) electrons. The fourth-order valence-corrected chi connectivity index (χ4v) is 3.94. The molecule has 0 saturated heterocycles. The van der Waals surface area contributed by atoms with E-state index in [0.717, 1.165) is 51.4 Å². The second-order valence-electron chi connectivity index (χ2n) is 9.98. The van der Waals surface area contributed by atoms with E-state index in [4.69, 9.17) is 0 Å². The minimum Gasteiger partial charge on any atom is -0.394 e. The van der Waals surface area contributed by atoms with Crippen LogP contribution >= 0.6 is 0 Å². The van der Waals surface area contributed by atoms with E-state index in [1.54, 1.807) is 6.08 Å². The Morgan fingerprint density at radius 3 is 1.76 bits per heavy atom. The van der Waals surface area contributed by atoms with Crippen LogP contribution in [0, 0.1) is 0 Å². The molecule has 1 amide bonds. The Morgan fingerprint density at radius 1 is 0.676 bits per heavy atom. The number of hydrogen-bond donors (Lipinski definition) is 4. The lowest BCUT2D eigenvalue weighted by atomic mass is 10.1. The van der Waals surface area contributed by atoms with E-state index in [2.05, 4.69) is 55.6 Å². The van der Waals surface area contributed by atoms with Gasteiger partial charge in [0.25, 0.3) is 0 Å². The van der Waals surface area contributed by atoms with Crippen molar-refractivity contribution in [1.82, 2.24) is 5.32 Å². The third-order valence-corrected chi connectivity index (χ3v) is 6.32. The average molecular weight is 520 g/mol. The molecular weight excluding hydrogens is 462 g/mol. The van der Waals surface area contributed by atoms with Crippen molar-refractivity contribution >= 4 is 5.91 Å². The van der Waals surface area contributed by atoms with Crippen LogP contribution in [0.25, 0.3) is 0 Å². The molecule has 4 N–H and O–H groups in total. The van der Waals surface area contributed by atoms with E-state index in [0.29, 0.717) is 6.42 Å². The first-order valence-electron chi connectivity index (χ1n) is 14.9. The highest BCUT2D eigenvalue weighted by Crippen LogP contribution is 2.09. The van der Waals surface area contributed by atoms with Gasteiger partial charge in [-0.25, -0.2) is 0 Å². The predicted octanol–water partition coefficient (Wildman–Crippen LogP) is 7.08. The maximum absolute atomic E-state index is 12.2. The van der Waals surface area contributed by atoms with E-state index >= 15 is 0 Å². The van der Waals surface area contributed by atoms with E-state index in [1.165, 1.54) is 44.9 Å². The zero-order valence-electron chi connectivity index (χ0n) is 23.8. The molecule has 0 aliphatic heterocycles. The molecule has 5 nitrogen and oxygen atoms in total. The second kappa shape index (κ2) is 27.3. The van der Waals surface area contributed by atoms with Crippen molar-refractivity contribution in [2.45, 2.75) is 141 Å². The summed E-state index contributed by atoms with van der Waals surface area (Å²) in [5.74, 6) is -0.351. The number of aliphatic hydroxyl groups excluding tert-OH is 3. The summed E-state index contributed by atoms with van der Waals surface area (Å²) < 4.78 is 0. The summed E-state index contributed by atoms with van der Waals surface area (Å²) >= 11 is 0. The maximum Gasteiger partial charge on any atom is 0.222 e. The normalized spacial score (nSPS) is 14.8. The summed E-state index contributed by atoms with van der Waals surface area (Å²) in [4.78, 5) is 12.2. The highest BCUT2D eigenvalue weighted by Gasteiger charge is 2.19. The van der Waals surface area contributed by atoms with Crippen LogP contribution in [0.3, 0.4) is 0 Å². The van der Waals surface area contributed by atoms with Gasteiger partial charge in [0.15, 0.2) is 0 Å². The number of nitrogens with one attached hydrogen (secondary N) is 1. The van der Waals surface area contributed by atoms with E-state index in [1.807, 2.05) is 6.08 Å². The molecular formula is C32H57NO4. The molecule has 0 heterocycles. The van der Waals surface area contributed by atoms with Crippen LogP contribution in [-0.2, 0) is 4.79 Å². The van der Waals surface area contributed by atoms with Crippen LogP contribution in [0.1, 0.15) is 123 Å². The monoisotopic (exact) mass is 519 g/mol. The first-order valence-corrected chi connectivity index (χ1v) is 14.9. The maximum atomic E-state index is 12.2. The molecule has 0 spiro atoms. The molecule has 0 aromatic rings. The molecule has 0 fully saturated rings. The predicted molar refractivity (Wildman–Crippen MR) is 157 cm³/mol. The van der Waals surface area contributed by atoms with Gasteiger partial charge in [0.05, 0.1) is 31.3 Å². The number of carbonyl (C=O) groups excluding carboxylic acids is 1. The van der Waals surface area contributed by atoms with Crippen molar-refractivity contribution in [2.24, 2.45) is 0 Å². The van der Waals surface area contributed by atoms with Crippen LogP contribution in [0.4, 0.5) is 0 Å².